The maximum Gasteiger partial charge on any atom is 0.251 e. The predicted molar refractivity (Wildman–Crippen MR) is 124 cm³/mol. The van der Waals surface area contributed by atoms with E-state index >= 15 is 0 Å². The second-order valence-electron chi connectivity index (χ2n) is 7.32. The fourth-order valence-corrected chi connectivity index (χ4v) is 3.48. The predicted octanol–water partition coefficient (Wildman–Crippen LogP) is 3.15. The van der Waals surface area contributed by atoms with Crippen LogP contribution in [0.5, 0.6) is 0 Å². The van der Waals surface area contributed by atoms with Crippen molar-refractivity contribution in [2.45, 2.75) is 6.54 Å². The molecule has 0 saturated carbocycles. The number of hydrogen-bond donors (Lipinski definition) is 3. The Morgan fingerprint density at radius 2 is 1.94 bits per heavy atom. The lowest BCUT2D eigenvalue weighted by Crippen LogP contribution is -2.22. The molecule has 0 radical (unpaired) electrons. The molecule has 162 valence electrons. The summed E-state index contributed by atoms with van der Waals surface area (Å²) in [6.07, 6.45) is 6.48. The van der Waals surface area contributed by atoms with Crippen molar-refractivity contribution in [2.75, 3.05) is 5.32 Å². The summed E-state index contributed by atoms with van der Waals surface area (Å²) in [5, 5.41) is 10.5. The molecule has 0 atom stereocenters. The monoisotopic (exact) mass is 437 g/mol. The van der Waals surface area contributed by atoms with E-state index in [9.17, 15) is 9.59 Å². The summed E-state index contributed by atoms with van der Waals surface area (Å²) in [5.41, 5.74) is 4.95. The van der Waals surface area contributed by atoms with E-state index in [0.29, 0.717) is 17.8 Å². The van der Waals surface area contributed by atoms with Crippen LogP contribution in [0.25, 0.3) is 16.9 Å². The Hall–Kier alpha value is -4.79. The Morgan fingerprint density at radius 1 is 1.06 bits per heavy atom. The highest BCUT2D eigenvalue weighted by molar-refractivity contribution is 5.94. The molecule has 4 heterocycles. The number of pyridine rings is 3. The van der Waals surface area contributed by atoms with Crippen molar-refractivity contribution in [3.05, 3.63) is 107 Å². The first kappa shape index (κ1) is 20.1. The summed E-state index contributed by atoms with van der Waals surface area (Å²) < 4.78 is 1.68. The van der Waals surface area contributed by atoms with E-state index in [1.807, 2.05) is 42.5 Å². The van der Waals surface area contributed by atoms with Crippen LogP contribution in [0.15, 0.2) is 90.4 Å². The van der Waals surface area contributed by atoms with Crippen LogP contribution in [-0.4, -0.2) is 30.5 Å². The van der Waals surface area contributed by atoms with Gasteiger partial charge >= 0.3 is 0 Å². The second-order valence-corrected chi connectivity index (χ2v) is 7.32. The minimum Gasteiger partial charge on any atom is -0.352 e. The molecule has 0 bridgehead atoms. The molecule has 4 aromatic heterocycles. The largest absolute Gasteiger partial charge is 0.352 e. The molecular formula is C24H19N7O2. The fourth-order valence-electron chi connectivity index (χ4n) is 3.48. The van der Waals surface area contributed by atoms with Crippen molar-refractivity contribution < 1.29 is 4.79 Å². The number of H-pyrrole nitrogens is 1. The third-order valence-electron chi connectivity index (χ3n) is 5.10. The number of benzene rings is 1. The minimum absolute atomic E-state index is 0.160. The smallest absolute Gasteiger partial charge is 0.251 e. The average Bonchev–Trinajstić information content (AvgIpc) is 3.34. The molecule has 1 amide bonds. The van der Waals surface area contributed by atoms with E-state index in [2.05, 4.69) is 30.7 Å². The van der Waals surface area contributed by atoms with Crippen LogP contribution in [0.1, 0.15) is 15.9 Å². The van der Waals surface area contributed by atoms with Gasteiger partial charge in [-0.05, 0) is 54.1 Å². The van der Waals surface area contributed by atoms with Gasteiger partial charge in [0.05, 0.1) is 11.4 Å². The fraction of sp³-hybridized carbons (Fsp3) is 0.0417. The number of nitrogens with zero attached hydrogens (tertiary/aromatic N) is 4. The standard InChI is InChI=1S/C24H19N7O2/c32-22-12-18(9-11-26-22)21-8-7-20(23-28-15-29-31(21)23)30-19-5-3-17(4-6-19)24(33)27-14-16-2-1-10-25-13-16/h1-13,15,30H,14H2,(H,26,32)(H,27,33). The summed E-state index contributed by atoms with van der Waals surface area (Å²) in [6, 6.07) is 18.0. The van der Waals surface area contributed by atoms with E-state index in [1.165, 1.54) is 12.4 Å². The van der Waals surface area contributed by atoms with Crippen LogP contribution in [0.3, 0.4) is 0 Å². The van der Waals surface area contributed by atoms with Gasteiger partial charge in [0.1, 0.15) is 6.33 Å². The first-order chi connectivity index (χ1) is 16.2. The zero-order valence-corrected chi connectivity index (χ0v) is 17.4. The summed E-state index contributed by atoms with van der Waals surface area (Å²) >= 11 is 0. The van der Waals surface area contributed by atoms with Gasteiger partial charge in [0.2, 0.25) is 5.56 Å². The van der Waals surface area contributed by atoms with Gasteiger partial charge in [-0.25, -0.2) is 9.50 Å². The Kier molecular flexibility index (Phi) is 5.34. The Balaban J connectivity index is 1.33. The minimum atomic E-state index is -0.187. The zero-order chi connectivity index (χ0) is 22.6. The van der Waals surface area contributed by atoms with E-state index in [1.54, 1.807) is 35.2 Å². The lowest BCUT2D eigenvalue weighted by atomic mass is 10.1. The first-order valence-corrected chi connectivity index (χ1v) is 10.2. The molecule has 9 heteroatoms. The van der Waals surface area contributed by atoms with Crippen LogP contribution in [-0.2, 0) is 6.54 Å². The molecular weight excluding hydrogens is 418 g/mol. The Labute approximate surface area is 188 Å². The molecule has 0 spiro atoms. The number of fused-ring (bicyclic) bond motifs is 1. The molecule has 9 nitrogen and oxygen atoms in total. The van der Waals surface area contributed by atoms with Crippen molar-refractivity contribution in [1.82, 2.24) is 29.9 Å². The molecule has 0 aliphatic heterocycles. The van der Waals surface area contributed by atoms with Crippen molar-refractivity contribution >= 4 is 22.9 Å². The van der Waals surface area contributed by atoms with Crippen molar-refractivity contribution in [3.8, 4) is 11.3 Å². The molecule has 0 fully saturated rings. The van der Waals surface area contributed by atoms with Gasteiger partial charge < -0.3 is 15.6 Å². The lowest BCUT2D eigenvalue weighted by molar-refractivity contribution is 0.0951. The second kappa shape index (κ2) is 8.75. The van der Waals surface area contributed by atoms with Gasteiger partial charge in [0.25, 0.3) is 5.91 Å². The van der Waals surface area contributed by atoms with Crippen LogP contribution in [0, 0.1) is 0 Å². The zero-order valence-electron chi connectivity index (χ0n) is 17.4. The number of nitrogens with one attached hydrogen (secondary N) is 3. The number of carbonyl (C=O) groups is 1. The molecule has 0 saturated heterocycles. The Morgan fingerprint density at radius 3 is 2.73 bits per heavy atom. The van der Waals surface area contributed by atoms with E-state index in [4.69, 9.17) is 0 Å². The van der Waals surface area contributed by atoms with Crippen molar-refractivity contribution in [3.63, 3.8) is 0 Å². The topological polar surface area (TPSA) is 117 Å². The molecule has 3 N–H and O–H groups in total. The van der Waals surface area contributed by atoms with Crippen LogP contribution in [0.4, 0.5) is 11.4 Å². The lowest BCUT2D eigenvalue weighted by Gasteiger charge is -2.11. The molecule has 5 aromatic rings. The SMILES string of the molecule is O=C(NCc1cccnc1)c1ccc(Nc2ccc(-c3cc[nH]c(=O)c3)n3ncnc23)cc1. The maximum absolute atomic E-state index is 12.4. The van der Waals surface area contributed by atoms with E-state index in [-0.39, 0.29) is 11.5 Å². The molecule has 5 rings (SSSR count). The molecule has 0 unspecified atom stereocenters. The van der Waals surface area contributed by atoms with Crippen LogP contribution < -0.4 is 16.2 Å². The van der Waals surface area contributed by atoms with Gasteiger partial charge in [0.15, 0.2) is 5.65 Å². The van der Waals surface area contributed by atoms with Crippen molar-refractivity contribution in [2.24, 2.45) is 0 Å². The van der Waals surface area contributed by atoms with Gasteiger partial charge in [-0.1, -0.05) is 6.07 Å². The number of rotatable bonds is 6. The third-order valence-corrected chi connectivity index (χ3v) is 5.10. The van der Waals surface area contributed by atoms with Gasteiger partial charge in [-0.2, -0.15) is 5.10 Å². The summed E-state index contributed by atoms with van der Waals surface area (Å²) in [7, 11) is 0. The van der Waals surface area contributed by atoms with E-state index < -0.39 is 0 Å². The highest BCUT2D eigenvalue weighted by Gasteiger charge is 2.11. The van der Waals surface area contributed by atoms with Gasteiger partial charge in [-0.15, -0.1) is 0 Å². The molecule has 33 heavy (non-hydrogen) atoms. The summed E-state index contributed by atoms with van der Waals surface area (Å²) in [6.45, 7) is 0.414. The Bertz CT molecular complexity index is 1470. The van der Waals surface area contributed by atoms with Crippen LogP contribution in [0.2, 0.25) is 0 Å². The highest BCUT2D eigenvalue weighted by atomic mass is 16.1. The third kappa shape index (κ3) is 4.33. The van der Waals surface area contributed by atoms with E-state index in [0.717, 1.165) is 28.2 Å². The molecule has 1 aromatic carbocycles. The van der Waals surface area contributed by atoms with Gasteiger partial charge in [0, 0.05) is 48.0 Å². The number of aromatic nitrogens is 5. The average molecular weight is 437 g/mol. The van der Waals surface area contributed by atoms with Crippen molar-refractivity contribution in [1.29, 1.82) is 0 Å². The number of amides is 1. The number of aromatic amines is 1. The highest BCUT2D eigenvalue weighted by Crippen LogP contribution is 2.26. The molecule has 0 aliphatic rings. The first-order valence-electron chi connectivity index (χ1n) is 10.2. The quantitative estimate of drug-likeness (QED) is 0.376. The molecule has 0 aliphatic carbocycles. The number of hydrogen-bond acceptors (Lipinski definition) is 6. The number of carbonyl (C=O) groups excluding carboxylic acids is 1. The van der Waals surface area contributed by atoms with Crippen LogP contribution >= 0.6 is 0 Å². The summed E-state index contributed by atoms with van der Waals surface area (Å²) in [4.78, 5) is 35.1. The maximum atomic E-state index is 12.4. The number of anilines is 2. The van der Waals surface area contributed by atoms with Gasteiger partial charge in [-0.3, -0.25) is 14.6 Å². The normalized spacial score (nSPS) is 10.8. The summed E-state index contributed by atoms with van der Waals surface area (Å²) in [5.74, 6) is -0.160.